The highest BCUT2D eigenvalue weighted by Gasteiger charge is 2.05. The van der Waals surface area contributed by atoms with E-state index in [0.717, 1.165) is 18.0 Å². The predicted molar refractivity (Wildman–Crippen MR) is 64.2 cm³/mol. The van der Waals surface area contributed by atoms with E-state index in [0.29, 0.717) is 0 Å². The zero-order chi connectivity index (χ0) is 11.3. The zero-order valence-electron chi connectivity index (χ0n) is 9.20. The molecule has 0 heterocycles. The summed E-state index contributed by atoms with van der Waals surface area (Å²) in [5.74, 6) is 0. The third kappa shape index (κ3) is 4.65. The number of hydrogen-bond donors (Lipinski definition) is 2. The Kier molecular flexibility index (Phi) is 5.09. The van der Waals surface area contributed by atoms with Gasteiger partial charge < -0.3 is 10.4 Å². The molecular formula is C12H18ClNO. The van der Waals surface area contributed by atoms with E-state index in [9.17, 15) is 0 Å². The lowest BCUT2D eigenvalue weighted by atomic mass is 10.1. The van der Waals surface area contributed by atoms with Gasteiger partial charge in [0.05, 0.1) is 6.10 Å². The van der Waals surface area contributed by atoms with Crippen LogP contribution < -0.4 is 5.32 Å². The van der Waals surface area contributed by atoms with Crippen LogP contribution in [0.3, 0.4) is 0 Å². The molecule has 0 aliphatic heterocycles. The Labute approximate surface area is 96.3 Å². The molecule has 0 saturated heterocycles. The van der Waals surface area contributed by atoms with E-state index in [1.165, 1.54) is 5.56 Å². The highest BCUT2D eigenvalue weighted by atomic mass is 35.5. The summed E-state index contributed by atoms with van der Waals surface area (Å²) in [4.78, 5) is 0. The molecular weight excluding hydrogens is 210 g/mol. The number of aliphatic hydroxyl groups is 1. The third-order valence-corrected chi connectivity index (χ3v) is 2.60. The van der Waals surface area contributed by atoms with Crippen LogP contribution in [-0.4, -0.2) is 17.8 Å². The van der Waals surface area contributed by atoms with Gasteiger partial charge in [-0.2, -0.15) is 0 Å². The van der Waals surface area contributed by atoms with Crippen molar-refractivity contribution in [2.75, 3.05) is 6.54 Å². The molecule has 1 unspecified atom stereocenters. The van der Waals surface area contributed by atoms with E-state index in [2.05, 4.69) is 12.2 Å². The number of benzene rings is 1. The van der Waals surface area contributed by atoms with Crippen molar-refractivity contribution in [3.05, 3.63) is 34.9 Å². The topological polar surface area (TPSA) is 32.3 Å². The third-order valence-electron chi connectivity index (χ3n) is 2.36. The Morgan fingerprint density at radius 3 is 2.73 bits per heavy atom. The summed E-state index contributed by atoms with van der Waals surface area (Å²) in [5, 5.41) is 13.2. The van der Waals surface area contributed by atoms with Crippen LogP contribution in [0.2, 0.25) is 5.02 Å². The van der Waals surface area contributed by atoms with E-state index in [1.54, 1.807) is 6.92 Å². The van der Waals surface area contributed by atoms with E-state index >= 15 is 0 Å². The van der Waals surface area contributed by atoms with Gasteiger partial charge in [-0.1, -0.05) is 23.7 Å². The number of hydrogen-bond acceptors (Lipinski definition) is 2. The van der Waals surface area contributed by atoms with Gasteiger partial charge in [0.1, 0.15) is 0 Å². The summed E-state index contributed by atoms with van der Waals surface area (Å²) in [7, 11) is 0. The largest absolute Gasteiger partial charge is 0.393 e. The van der Waals surface area contributed by atoms with Gasteiger partial charge in [-0.05, 0) is 44.5 Å². The lowest BCUT2D eigenvalue weighted by molar-refractivity contribution is 0.182. The van der Waals surface area contributed by atoms with Crippen molar-refractivity contribution in [2.24, 2.45) is 0 Å². The average Bonchev–Trinajstić information content (AvgIpc) is 2.17. The van der Waals surface area contributed by atoms with Crippen molar-refractivity contribution in [3.8, 4) is 0 Å². The first-order valence-electron chi connectivity index (χ1n) is 5.26. The molecule has 0 aliphatic rings. The minimum absolute atomic E-state index is 0.246. The van der Waals surface area contributed by atoms with Gasteiger partial charge in [-0.3, -0.25) is 0 Å². The molecule has 84 valence electrons. The lowest BCUT2D eigenvalue weighted by Gasteiger charge is -2.15. The van der Waals surface area contributed by atoms with E-state index in [1.807, 2.05) is 24.3 Å². The fourth-order valence-corrected chi connectivity index (χ4v) is 1.60. The van der Waals surface area contributed by atoms with Crippen molar-refractivity contribution >= 4 is 11.6 Å². The lowest BCUT2D eigenvalue weighted by Crippen LogP contribution is -2.22. The summed E-state index contributed by atoms with van der Waals surface area (Å²) in [6.07, 6.45) is 0.523. The van der Waals surface area contributed by atoms with Gasteiger partial charge in [0.25, 0.3) is 0 Å². The van der Waals surface area contributed by atoms with Gasteiger partial charge in [0.15, 0.2) is 0 Å². The maximum absolute atomic E-state index is 9.12. The Morgan fingerprint density at radius 2 is 2.13 bits per heavy atom. The minimum Gasteiger partial charge on any atom is -0.393 e. The van der Waals surface area contributed by atoms with Gasteiger partial charge in [0, 0.05) is 11.1 Å². The zero-order valence-corrected chi connectivity index (χ0v) is 9.96. The predicted octanol–water partition coefficient (Wildman–Crippen LogP) is 2.76. The molecule has 0 bridgehead atoms. The second kappa shape index (κ2) is 6.11. The number of aliphatic hydroxyl groups excluding tert-OH is 1. The molecule has 1 rings (SSSR count). The number of nitrogens with one attached hydrogen (secondary N) is 1. The monoisotopic (exact) mass is 227 g/mol. The van der Waals surface area contributed by atoms with Gasteiger partial charge in [0.2, 0.25) is 0 Å². The maximum Gasteiger partial charge on any atom is 0.0524 e. The summed E-state index contributed by atoms with van der Waals surface area (Å²) >= 11 is 5.91. The molecule has 0 spiro atoms. The van der Waals surface area contributed by atoms with Crippen molar-refractivity contribution < 1.29 is 5.11 Å². The molecule has 0 aromatic heterocycles. The molecule has 3 heteroatoms. The average molecular weight is 228 g/mol. The minimum atomic E-state index is -0.246. The second-order valence-corrected chi connectivity index (χ2v) is 4.30. The van der Waals surface area contributed by atoms with Crippen LogP contribution >= 0.6 is 11.6 Å². The molecule has 0 aliphatic carbocycles. The standard InChI is InChI=1S/C12H18ClNO/c1-9(15)6-7-14-10(2)11-4-3-5-12(13)8-11/h3-5,8-10,14-15H,6-7H2,1-2H3/t9?,10-/m1/s1. The van der Waals surface area contributed by atoms with Crippen LogP contribution in [0.1, 0.15) is 31.9 Å². The Balaban J connectivity index is 2.43. The Bertz CT molecular complexity index is 301. The van der Waals surface area contributed by atoms with Crippen LogP contribution in [0.25, 0.3) is 0 Å². The van der Waals surface area contributed by atoms with Crippen LogP contribution in [0, 0.1) is 0 Å². The summed E-state index contributed by atoms with van der Waals surface area (Å²) in [6, 6.07) is 8.09. The van der Waals surface area contributed by atoms with E-state index in [-0.39, 0.29) is 12.1 Å². The molecule has 2 N–H and O–H groups in total. The number of halogens is 1. The molecule has 1 aromatic carbocycles. The van der Waals surface area contributed by atoms with Crippen molar-refractivity contribution in [3.63, 3.8) is 0 Å². The van der Waals surface area contributed by atoms with Crippen molar-refractivity contribution in [1.82, 2.24) is 5.32 Å². The van der Waals surface area contributed by atoms with E-state index in [4.69, 9.17) is 16.7 Å². The molecule has 0 radical (unpaired) electrons. The van der Waals surface area contributed by atoms with Crippen molar-refractivity contribution in [1.29, 1.82) is 0 Å². The maximum atomic E-state index is 9.12. The van der Waals surface area contributed by atoms with Crippen molar-refractivity contribution in [2.45, 2.75) is 32.4 Å². The summed E-state index contributed by atoms with van der Waals surface area (Å²) in [5.41, 5.74) is 1.17. The normalized spacial score (nSPS) is 14.9. The molecule has 0 amide bonds. The van der Waals surface area contributed by atoms with Crippen LogP contribution in [0.4, 0.5) is 0 Å². The van der Waals surface area contributed by atoms with Crippen LogP contribution in [-0.2, 0) is 0 Å². The van der Waals surface area contributed by atoms with Gasteiger partial charge >= 0.3 is 0 Å². The molecule has 0 fully saturated rings. The first kappa shape index (κ1) is 12.5. The summed E-state index contributed by atoms with van der Waals surface area (Å²) in [6.45, 7) is 4.70. The van der Waals surface area contributed by atoms with Gasteiger partial charge in [-0.15, -0.1) is 0 Å². The number of rotatable bonds is 5. The molecule has 0 saturated carbocycles. The molecule has 1 aromatic rings. The fourth-order valence-electron chi connectivity index (χ4n) is 1.40. The fraction of sp³-hybridized carbons (Fsp3) is 0.500. The SMILES string of the molecule is CC(O)CCN[C@H](C)c1cccc(Cl)c1. The van der Waals surface area contributed by atoms with Gasteiger partial charge in [-0.25, -0.2) is 0 Å². The summed E-state index contributed by atoms with van der Waals surface area (Å²) < 4.78 is 0. The second-order valence-electron chi connectivity index (χ2n) is 3.87. The smallest absolute Gasteiger partial charge is 0.0524 e. The Morgan fingerprint density at radius 1 is 1.40 bits per heavy atom. The molecule has 2 atom stereocenters. The molecule has 2 nitrogen and oxygen atoms in total. The Hall–Kier alpha value is -0.570. The first-order valence-corrected chi connectivity index (χ1v) is 5.64. The van der Waals surface area contributed by atoms with Crippen LogP contribution in [0.5, 0.6) is 0 Å². The highest BCUT2D eigenvalue weighted by Crippen LogP contribution is 2.17. The van der Waals surface area contributed by atoms with E-state index < -0.39 is 0 Å². The van der Waals surface area contributed by atoms with Crippen LogP contribution in [0.15, 0.2) is 24.3 Å². The molecule has 15 heavy (non-hydrogen) atoms. The first-order chi connectivity index (χ1) is 7.09. The highest BCUT2D eigenvalue weighted by molar-refractivity contribution is 6.30. The quantitative estimate of drug-likeness (QED) is 0.811.